The number of hydrogen-bond acceptors (Lipinski definition) is 3. The van der Waals surface area contributed by atoms with Crippen LogP contribution in [0.2, 0.25) is 10.0 Å². The highest BCUT2D eigenvalue weighted by Crippen LogP contribution is 2.34. The lowest BCUT2D eigenvalue weighted by Gasteiger charge is -2.16. The quantitative estimate of drug-likeness (QED) is 0.492. The fourth-order valence-corrected chi connectivity index (χ4v) is 2.89. The van der Waals surface area contributed by atoms with E-state index in [9.17, 15) is 0 Å². The molecule has 0 aliphatic carbocycles. The second-order valence-electron chi connectivity index (χ2n) is 6.56. The highest BCUT2D eigenvalue weighted by Gasteiger charge is 2.12. The number of nitrogens with one attached hydrogen (secondary N) is 1. The maximum absolute atomic E-state index is 6.45. The molecule has 5 heteroatoms. The summed E-state index contributed by atoms with van der Waals surface area (Å²) in [6.45, 7) is 8.97. The zero-order valence-corrected chi connectivity index (χ0v) is 17.2. The number of halogens is 2. The molecular formula is C21H27Cl2NO2. The lowest BCUT2D eigenvalue weighted by atomic mass is 10.1. The third-order valence-corrected chi connectivity index (χ3v) is 4.69. The molecule has 2 aromatic carbocycles. The molecule has 0 heterocycles. The van der Waals surface area contributed by atoms with Crippen molar-refractivity contribution >= 4 is 23.2 Å². The summed E-state index contributed by atoms with van der Waals surface area (Å²) >= 11 is 12.6. The van der Waals surface area contributed by atoms with Crippen LogP contribution in [0.25, 0.3) is 0 Å². The molecule has 0 atom stereocenters. The van der Waals surface area contributed by atoms with Crippen molar-refractivity contribution in [1.29, 1.82) is 0 Å². The van der Waals surface area contributed by atoms with Gasteiger partial charge in [0.05, 0.1) is 6.61 Å². The Bertz CT molecular complexity index is 704. The van der Waals surface area contributed by atoms with Gasteiger partial charge in [-0.3, -0.25) is 0 Å². The molecule has 0 radical (unpaired) electrons. The van der Waals surface area contributed by atoms with E-state index in [1.54, 1.807) is 0 Å². The molecule has 0 aromatic heterocycles. The molecular weight excluding hydrogens is 369 g/mol. The number of benzene rings is 2. The Labute approximate surface area is 166 Å². The van der Waals surface area contributed by atoms with E-state index in [0.717, 1.165) is 24.1 Å². The van der Waals surface area contributed by atoms with Crippen molar-refractivity contribution in [2.75, 3.05) is 13.2 Å². The Morgan fingerprint density at radius 2 is 1.69 bits per heavy atom. The average Bonchev–Trinajstić information content (AvgIpc) is 2.60. The van der Waals surface area contributed by atoms with E-state index in [0.29, 0.717) is 47.2 Å². The topological polar surface area (TPSA) is 30.5 Å². The van der Waals surface area contributed by atoms with Gasteiger partial charge in [0.15, 0.2) is 11.5 Å². The third-order valence-electron chi connectivity index (χ3n) is 3.97. The maximum atomic E-state index is 6.45. The number of hydrogen-bond donors (Lipinski definition) is 1. The molecule has 142 valence electrons. The minimum absolute atomic E-state index is 0.363. The summed E-state index contributed by atoms with van der Waals surface area (Å²) in [5, 5.41) is 4.78. The summed E-state index contributed by atoms with van der Waals surface area (Å²) in [7, 11) is 0. The van der Waals surface area contributed by atoms with Crippen LogP contribution in [0.3, 0.4) is 0 Å². The van der Waals surface area contributed by atoms with E-state index in [1.807, 2.05) is 43.3 Å². The van der Waals surface area contributed by atoms with Crippen LogP contribution in [-0.4, -0.2) is 13.2 Å². The fourth-order valence-electron chi connectivity index (χ4n) is 2.48. The van der Waals surface area contributed by atoms with Crippen LogP contribution >= 0.6 is 23.2 Å². The summed E-state index contributed by atoms with van der Waals surface area (Å²) in [5.41, 5.74) is 1.93. The van der Waals surface area contributed by atoms with Crippen molar-refractivity contribution in [3.8, 4) is 11.5 Å². The summed E-state index contributed by atoms with van der Waals surface area (Å²) < 4.78 is 11.7. The molecule has 0 spiro atoms. The fraction of sp³-hybridized carbons (Fsp3) is 0.429. The van der Waals surface area contributed by atoms with Crippen LogP contribution in [0.1, 0.15) is 38.3 Å². The first-order valence-electron chi connectivity index (χ1n) is 9.03. The zero-order chi connectivity index (χ0) is 18.9. The van der Waals surface area contributed by atoms with E-state index in [1.165, 1.54) is 0 Å². The molecule has 2 rings (SSSR count). The van der Waals surface area contributed by atoms with Crippen molar-refractivity contribution in [3.63, 3.8) is 0 Å². The predicted molar refractivity (Wildman–Crippen MR) is 110 cm³/mol. The van der Waals surface area contributed by atoms with Crippen LogP contribution < -0.4 is 14.8 Å². The summed E-state index contributed by atoms with van der Waals surface area (Å²) in [6, 6.07) is 11.4. The Morgan fingerprint density at radius 3 is 2.38 bits per heavy atom. The molecule has 26 heavy (non-hydrogen) atoms. The van der Waals surface area contributed by atoms with Gasteiger partial charge in [-0.1, -0.05) is 55.2 Å². The Hall–Kier alpha value is -1.42. The van der Waals surface area contributed by atoms with Gasteiger partial charge in [0.2, 0.25) is 0 Å². The maximum Gasteiger partial charge on any atom is 0.163 e. The van der Waals surface area contributed by atoms with Gasteiger partial charge in [-0.05, 0) is 43.5 Å². The van der Waals surface area contributed by atoms with Crippen molar-refractivity contribution in [2.45, 2.75) is 40.3 Å². The molecule has 0 saturated carbocycles. The molecule has 0 amide bonds. The van der Waals surface area contributed by atoms with Gasteiger partial charge in [0.1, 0.15) is 6.61 Å². The molecule has 0 aliphatic heterocycles. The molecule has 0 fully saturated rings. The van der Waals surface area contributed by atoms with Gasteiger partial charge in [0.25, 0.3) is 0 Å². The van der Waals surface area contributed by atoms with Gasteiger partial charge >= 0.3 is 0 Å². The standard InChI is InChI=1S/C21H27Cl2NO2/c1-4-25-20-11-17(13-24-10-9-15(2)3)19(23)12-21(20)26-14-16-7-5-6-8-18(16)22/h5-8,11-12,15,24H,4,9-10,13-14H2,1-3H3. The van der Waals surface area contributed by atoms with Gasteiger partial charge in [-0.25, -0.2) is 0 Å². The SMILES string of the molecule is CCOc1cc(CNCCC(C)C)c(Cl)cc1OCc1ccccc1Cl. The molecule has 0 bridgehead atoms. The molecule has 0 saturated heterocycles. The van der Waals surface area contributed by atoms with Gasteiger partial charge in [-0.15, -0.1) is 0 Å². The van der Waals surface area contributed by atoms with E-state index < -0.39 is 0 Å². The second kappa shape index (κ2) is 10.7. The van der Waals surface area contributed by atoms with Crippen LogP contribution in [0.15, 0.2) is 36.4 Å². The minimum atomic E-state index is 0.363. The van der Waals surface area contributed by atoms with Gasteiger partial charge in [0, 0.05) is 28.2 Å². The average molecular weight is 396 g/mol. The summed E-state index contributed by atoms with van der Waals surface area (Å²) in [4.78, 5) is 0. The Kier molecular flexibility index (Phi) is 8.56. The van der Waals surface area contributed by atoms with Crippen molar-refractivity contribution in [1.82, 2.24) is 5.32 Å². The lowest BCUT2D eigenvalue weighted by Crippen LogP contribution is -2.16. The van der Waals surface area contributed by atoms with Crippen molar-refractivity contribution < 1.29 is 9.47 Å². The number of ether oxygens (including phenoxy) is 2. The van der Waals surface area contributed by atoms with Crippen LogP contribution in [0.4, 0.5) is 0 Å². The highest BCUT2D eigenvalue weighted by atomic mass is 35.5. The molecule has 2 aromatic rings. The third kappa shape index (κ3) is 6.39. The Morgan fingerprint density at radius 1 is 0.962 bits per heavy atom. The predicted octanol–water partition coefficient (Wildman–Crippen LogP) is 6.11. The van der Waals surface area contributed by atoms with Crippen molar-refractivity contribution in [3.05, 3.63) is 57.6 Å². The van der Waals surface area contributed by atoms with E-state index >= 15 is 0 Å². The smallest absolute Gasteiger partial charge is 0.163 e. The first-order valence-corrected chi connectivity index (χ1v) is 9.79. The zero-order valence-electron chi connectivity index (χ0n) is 15.6. The van der Waals surface area contributed by atoms with Crippen LogP contribution in [0.5, 0.6) is 11.5 Å². The monoisotopic (exact) mass is 395 g/mol. The normalized spacial score (nSPS) is 11.0. The largest absolute Gasteiger partial charge is 0.490 e. The molecule has 0 unspecified atom stereocenters. The highest BCUT2D eigenvalue weighted by molar-refractivity contribution is 6.31. The summed E-state index contributed by atoms with van der Waals surface area (Å²) in [5.74, 6) is 2.00. The number of rotatable bonds is 10. The van der Waals surface area contributed by atoms with E-state index in [4.69, 9.17) is 32.7 Å². The summed E-state index contributed by atoms with van der Waals surface area (Å²) in [6.07, 6.45) is 1.13. The van der Waals surface area contributed by atoms with Crippen molar-refractivity contribution in [2.24, 2.45) is 5.92 Å². The first-order chi connectivity index (χ1) is 12.5. The lowest BCUT2D eigenvalue weighted by molar-refractivity contribution is 0.269. The molecule has 0 aliphatic rings. The first kappa shape index (κ1) is 20.9. The van der Waals surface area contributed by atoms with Gasteiger partial charge in [-0.2, -0.15) is 0 Å². The molecule has 1 N–H and O–H groups in total. The Balaban J connectivity index is 2.08. The molecule has 3 nitrogen and oxygen atoms in total. The van der Waals surface area contributed by atoms with Crippen LogP contribution in [-0.2, 0) is 13.2 Å². The minimum Gasteiger partial charge on any atom is -0.490 e. The van der Waals surface area contributed by atoms with Gasteiger partial charge < -0.3 is 14.8 Å². The van der Waals surface area contributed by atoms with E-state index in [2.05, 4.69) is 19.2 Å². The van der Waals surface area contributed by atoms with E-state index in [-0.39, 0.29) is 0 Å². The van der Waals surface area contributed by atoms with Crippen LogP contribution in [0, 0.1) is 5.92 Å². The second-order valence-corrected chi connectivity index (χ2v) is 7.38.